The van der Waals surface area contributed by atoms with E-state index >= 15 is 0 Å². The van der Waals surface area contributed by atoms with Crippen LogP contribution in [0.15, 0.2) is 4.52 Å². The molecule has 4 atom stereocenters. The summed E-state index contributed by atoms with van der Waals surface area (Å²) in [6, 6.07) is 0.0238. The van der Waals surface area contributed by atoms with Crippen LogP contribution in [-0.4, -0.2) is 22.1 Å². The van der Waals surface area contributed by atoms with Crippen molar-refractivity contribution in [2.45, 2.75) is 38.8 Å². The Hall–Kier alpha value is -1.14. The van der Waals surface area contributed by atoms with Gasteiger partial charge in [-0.3, -0.25) is 4.79 Å². The molecular formula is C12H19ClN4O2. The molecule has 4 unspecified atom stereocenters. The summed E-state index contributed by atoms with van der Waals surface area (Å²) in [5.74, 6) is 2.04. The quantitative estimate of drug-likeness (QED) is 0.857. The van der Waals surface area contributed by atoms with E-state index in [1.165, 1.54) is 6.42 Å². The minimum absolute atomic E-state index is 0. The van der Waals surface area contributed by atoms with Crippen molar-refractivity contribution in [1.82, 2.24) is 15.5 Å². The van der Waals surface area contributed by atoms with Crippen LogP contribution in [0.25, 0.3) is 0 Å². The van der Waals surface area contributed by atoms with E-state index in [0.29, 0.717) is 30.1 Å². The standard InChI is InChI=1S/C12H18N4O2.ClH/c1-6-15-9(16-18-6)5-14-12(17)10-7-2-3-8(4-7)11(10)13;/h7-8,10-11H,2-5,13H2,1H3,(H,14,17);1H. The highest BCUT2D eigenvalue weighted by Gasteiger charge is 2.48. The summed E-state index contributed by atoms with van der Waals surface area (Å²) >= 11 is 0. The zero-order valence-electron chi connectivity index (χ0n) is 10.8. The Morgan fingerprint density at radius 1 is 1.47 bits per heavy atom. The number of aryl methyl sites for hydroxylation is 1. The Labute approximate surface area is 117 Å². The van der Waals surface area contributed by atoms with Gasteiger partial charge in [0.2, 0.25) is 11.8 Å². The maximum atomic E-state index is 12.1. The first kappa shape index (κ1) is 14.3. The summed E-state index contributed by atoms with van der Waals surface area (Å²) in [6.45, 7) is 2.04. The van der Waals surface area contributed by atoms with Gasteiger partial charge in [0.1, 0.15) is 0 Å². The Morgan fingerprint density at radius 3 is 2.79 bits per heavy atom. The van der Waals surface area contributed by atoms with Gasteiger partial charge in [-0.2, -0.15) is 4.98 Å². The molecule has 1 aromatic rings. The number of carbonyl (C=O) groups is 1. The Morgan fingerprint density at radius 2 is 2.21 bits per heavy atom. The molecule has 3 rings (SSSR count). The first-order valence-corrected chi connectivity index (χ1v) is 6.47. The highest BCUT2D eigenvalue weighted by atomic mass is 35.5. The topological polar surface area (TPSA) is 94.0 Å². The van der Waals surface area contributed by atoms with E-state index in [-0.39, 0.29) is 30.3 Å². The third kappa shape index (κ3) is 2.60. The molecule has 7 heteroatoms. The third-order valence-electron chi connectivity index (χ3n) is 4.27. The van der Waals surface area contributed by atoms with Crippen molar-refractivity contribution in [3.8, 4) is 0 Å². The summed E-state index contributed by atoms with van der Waals surface area (Å²) in [5.41, 5.74) is 6.13. The van der Waals surface area contributed by atoms with Gasteiger partial charge in [-0.05, 0) is 31.1 Å². The third-order valence-corrected chi connectivity index (χ3v) is 4.27. The average Bonchev–Trinajstić information content (AvgIpc) is 3.02. The molecule has 3 N–H and O–H groups in total. The predicted octanol–water partition coefficient (Wildman–Crippen LogP) is 0.789. The summed E-state index contributed by atoms with van der Waals surface area (Å²) in [5, 5.41) is 6.61. The molecule has 19 heavy (non-hydrogen) atoms. The number of halogens is 1. The lowest BCUT2D eigenvalue weighted by atomic mass is 9.84. The van der Waals surface area contributed by atoms with E-state index in [0.717, 1.165) is 12.8 Å². The number of hydrogen-bond acceptors (Lipinski definition) is 5. The molecule has 1 aromatic heterocycles. The summed E-state index contributed by atoms with van der Waals surface area (Å²) in [4.78, 5) is 16.2. The molecule has 2 aliphatic rings. The largest absolute Gasteiger partial charge is 0.348 e. The molecule has 1 amide bonds. The number of fused-ring (bicyclic) bond motifs is 2. The molecule has 0 aromatic carbocycles. The van der Waals surface area contributed by atoms with Gasteiger partial charge in [-0.15, -0.1) is 12.4 Å². The lowest BCUT2D eigenvalue weighted by Crippen LogP contribution is -2.45. The maximum absolute atomic E-state index is 12.1. The van der Waals surface area contributed by atoms with Crippen LogP contribution in [0.3, 0.4) is 0 Å². The Kier molecular flexibility index (Phi) is 4.10. The number of carbonyl (C=O) groups excluding carboxylic acids is 1. The van der Waals surface area contributed by atoms with Crippen LogP contribution in [0.2, 0.25) is 0 Å². The second-order valence-corrected chi connectivity index (χ2v) is 5.38. The van der Waals surface area contributed by atoms with E-state index in [4.69, 9.17) is 10.3 Å². The number of hydrogen-bond donors (Lipinski definition) is 2. The molecular weight excluding hydrogens is 268 g/mol. The molecule has 106 valence electrons. The lowest BCUT2D eigenvalue weighted by Gasteiger charge is -2.26. The predicted molar refractivity (Wildman–Crippen MR) is 70.4 cm³/mol. The number of rotatable bonds is 3. The number of amides is 1. The van der Waals surface area contributed by atoms with Gasteiger partial charge < -0.3 is 15.6 Å². The van der Waals surface area contributed by atoms with E-state index in [1.54, 1.807) is 6.92 Å². The fourth-order valence-corrected chi connectivity index (χ4v) is 3.42. The van der Waals surface area contributed by atoms with Crippen molar-refractivity contribution >= 4 is 18.3 Å². The van der Waals surface area contributed by atoms with Crippen LogP contribution in [0.1, 0.15) is 31.0 Å². The highest BCUT2D eigenvalue weighted by Crippen LogP contribution is 2.47. The van der Waals surface area contributed by atoms with Crippen molar-refractivity contribution in [1.29, 1.82) is 0 Å². The van der Waals surface area contributed by atoms with Crippen molar-refractivity contribution in [2.24, 2.45) is 23.5 Å². The molecule has 2 fully saturated rings. The second-order valence-electron chi connectivity index (χ2n) is 5.38. The van der Waals surface area contributed by atoms with Crippen molar-refractivity contribution in [3.63, 3.8) is 0 Å². The van der Waals surface area contributed by atoms with Crippen LogP contribution < -0.4 is 11.1 Å². The smallest absolute Gasteiger partial charge is 0.225 e. The SMILES string of the molecule is Cc1nc(CNC(=O)C2C3CCC(C3)C2N)no1.Cl. The number of aromatic nitrogens is 2. The lowest BCUT2D eigenvalue weighted by molar-refractivity contribution is -0.127. The Bertz CT molecular complexity index is 462. The van der Waals surface area contributed by atoms with Gasteiger partial charge in [-0.1, -0.05) is 5.16 Å². The maximum Gasteiger partial charge on any atom is 0.225 e. The average molecular weight is 287 g/mol. The first-order chi connectivity index (χ1) is 8.65. The fourth-order valence-electron chi connectivity index (χ4n) is 3.42. The van der Waals surface area contributed by atoms with Gasteiger partial charge in [0, 0.05) is 13.0 Å². The van der Waals surface area contributed by atoms with Crippen LogP contribution in [0.4, 0.5) is 0 Å². The van der Waals surface area contributed by atoms with Crippen LogP contribution >= 0.6 is 12.4 Å². The molecule has 1 heterocycles. The second kappa shape index (κ2) is 5.46. The molecule has 2 bridgehead atoms. The molecule has 0 aliphatic heterocycles. The summed E-state index contributed by atoms with van der Waals surface area (Å²) < 4.78 is 4.86. The van der Waals surface area contributed by atoms with E-state index < -0.39 is 0 Å². The normalized spacial score (nSPS) is 32.1. The molecule has 2 aliphatic carbocycles. The molecule has 0 radical (unpaired) electrons. The van der Waals surface area contributed by atoms with E-state index in [1.807, 2.05) is 0 Å². The fraction of sp³-hybridized carbons (Fsp3) is 0.750. The zero-order valence-corrected chi connectivity index (χ0v) is 11.7. The van der Waals surface area contributed by atoms with Crippen LogP contribution in [0, 0.1) is 24.7 Å². The monoisotopic (exact) mass is 286 g/mol. The van der Waals surface area contributed by atoms with Gasteiger partial charge in [0.25, 0.3) is 0 Å². The van der Waals surface area contributed by atoms with Crippen molar-refractivity contribution in [3.05, 3.63) is 11.7 Å². The summed E-state index contributed by atoms with van der Waals surface area (Å²) in [6.07, 6.45) is 3.43. The van der Waals surface area contributed by atoms with Crippen molar-refractivity contribution in [2.75, 3.05) is 0 Å². The molecule has 2 saturated carbocycles. The van der Waals surface area contributed by atoms with E-state index in [2.05, 4.69) is 15.5 Å². The highest BCUT2D eigenvalue weighted by molar-refractivity contribution is 5.85. The van der Waals surface area contributed by atoms with E-state index in [9.17, 15) is 4.79 Å². The number of nitrogens with zero attached hydrogens (tertiary/aromatic N) is 2. The van der Waals surface area contributed by atoms with Gasteiger partial charge >= 0.3 is 0 Å². The molecule has 0 spiro atoms. The zero-order chi connectivity index (χ0) is 12.7. The van der Waals surface area contributed by atoms with Crippen LogP contribution in [0.5, 0.6) is 0 Å². The first-order valence-electron chi connectivity index (χ1n) is 6.47. The molecule has 6 nitrogen and oxygen atoms in total. The summed E-state index contributed by atoms with van der Waals surface area (Å²) in [7, 11) is 0. The van der Waals surface area contributed by atoms with Gasteiger partial charge in [0.05, 0.1) is 12.5 Å². The van der Waals surface area contributed by atoms with Crippen molar-refractivity contribution < 1.29 is 9.32 Å². The molecule has 0 saturated heterocycles. The Balaban J connectivity index is 0.00000133. The number of nitrogens with two attached hydrogens (primary N) is 1. The van der Waals surface area contributed by atoms with Crippen LogP contribution in [-0.2, 0) is 11.3 Å². The minimum atomic E-state index is -0.0308. The number of nitrogens with one attached hydrogen (secondary N) is 1. The minimum Gasteiger partial charge on any atom is -0.348 e. The van der Waals surface area contributed by atoms with Gasteiger partial charge in [0.15, 0.2) is 5.82 Å². The van der Waals surface area contributed by atoms with Gasteiger partial charge in [-0.25, -0.2) is 0 Å².